The average Bonchev–Trinajstić information content (AvgIpc) is 2.62. The van der Waals surface area contributed by atoms with Gasteiger partial charge in [0.1, 0.15) is 0 Å². The minimum absolute atomic E-state index is 0.0863. The van der Waals surface area contributed by atoms with Crippen LogP contribution in [0.5, 0.6) is 0 Å². The molecule has 0 bridgehead atoms. The molecule has 25 heavy (non-hydrogen) atoms. The van der Waals surface area contributed by atoms with Gasteiger partial charge in [-0.05, 0) is 41.9 Å². The molecule has 1 amide bonds. The van der Waals surface area contributed by atoms with Crippen LogP contribution in [0.1, 0.15) is 54.3 Å². The fourth-order valence-corrected chi connectivity index (χ4v) is 3.66. The molecule has 2 atom stereocenters. The molecule has 0 heterocycles. The zero-order valence-corrected chi connectivity index (χ0v) is 14.2. The maximum Gasteiger partial charge on any atom is 0.305 e. The normalized spacial score (nSPS) is 17.4. The second-order valence-electron chi connectivity index (χ2n) is 6.62. The van der Waals surface area contributed by atoms with Gasteiger partial charge in [-0.15, -0.1) is 0 Å². The number of carboxylic acid groups (broad SMARTS) is 1. The van der Waals surface area contributed by atoms with E-state index in [2.05, 4.69) is 17.4 Å². The van der Waals surface area contributed by atoms with Gasteiger partial charge in [0.15, 0.2) is 0 Å². The van der Waals surface area contributed by atoms with Crippen molar-refractivity contribution in [3.05, 3.63) is 71.3 Å². The van der Waals surface area contributed by atoms with Gasteiger partial charge in [0.25, 0.3) is 0 Å². The number of fused-ring (bicyclic) bond motifs is 1. The van der Waals surface area contributed by atoms with E-state index in [1.54, 1.807) is 0 Å². The molecule has 2 N–H and O–H groups in total. The predicted octanol–water partition coefficient (Wildman–Crippen LogP) is 3.83. The standard InChI is InChI=1S/C21H23NO3/c23-20(13-17-11-6-10-15-7-4-5-12-18(15)17)22-19(14-21(24)25)16-8-2-1-3-9-16/h1-5,7-9,12,17,19H,6,10-11,13-14H2,(H,22,23)(H,24,25)/t17-,19+/m1/s1. The summed E-state index contributed by atoms with van der Waals surface area (Å²) >= 11 is 0. The van der Waals surface area contributed by atoms with Crippen LogP contribution < -0.4 is 5.32 Å². The van der Waals surface area contributed by atoms with Gasteiger partial charge in [-0.25, -0.2) is 0 Å². The Morgan fingerprint density at radius 3 is 2.56 bits per heavy atom. The van der Waals surface area contributed by atoms with Crippen molar-refractivity contribution in [1.82, 2.24) is 5.32 Å². The molecule has 130 valence electrons. The molecule has 1 aliphatic rings. The van der Waals surface area contributed by atoms with Crippen LogP contribution in [0.3, 0.4) is 0 Å². The van der Waals surface area contributed by atoms with Crippen LogP contribution in [0.4, 0.5) is 0 Å². The molecule has 3 rings (SSSR count). The summed E-state index contributed by atoms with van der Waals surface area (Å²) in [7, 11) is 0. The molecule has 1 aliphatic carbocycles. The smallest absolute Gasteiger partial charge is 0.305 e. The van der Waals surface area contributed by atoms with Crippen LogP contribution >= 0.6 is 0 Å². The molecule has 2 aromatic carbocycles. The van der Waals surface area contributed by atoms with E-state index in [1.165, 1.54) is 11.1 Å². The lowest BCUT2D eigenvalue weighted by Gasteiger charge is -2.26. The lowest BCUT2D eigenvalue weighted by atomic mass is 9.81. The third-order valence-corrected chi connectivity index (χ3v) is 4.84. The third kappa shape index (κ3) is 4.47. The second-order valence-corrected chi connectivity index (χ2v) is 6.62. The number of benzene rings is 2. The quantitative estimate of drug-likeness (QED) is 0.842. The fraction of sp³-hybridized carbons (Fsp3) is 0.333. The summed E-state index contributed by atoms with van der Waals surface area (Å²) in [6.45, 7) is 0. The first-order valence-corrected chi connectivity index (χ1v) is 8.77. The number of aliphatic carboxylic acids is 1. The fourth-order valence-electron chi connectivity index (χ4n) is 3.66. The molecular weight excluding hydrogens is 314 g/mol. The monoisotopic (exact) mass is 337 g/mol. The van der Waals surface area contributed by atoms with Crippen molar-refractivity contribution in [3.63, 3.8) is 0 Å². The van der Waals surface area contributed by atoms with Crippen molar-refractivity contribution in [3.8, 4) is 0 Å². The van der Waals surface area contributed by atoms with Crippen LogP contribution in [-0.2, 0) is 16.0 Å². The van der Waals surface area contributed by atoms with Crippen molar-refractivity contribution in [2.75, 3.05) is 0 Å². The Kier molecular flexibility index (Phi) is 5.49. The van der Waals surface area contributed by atoms with E-state index in [0.29, 0.717) is 6.42 Å². The number of nitrogens with one attached hydrogen (secondary N) is 1. The molecule has 4 heteroatoms. The van der Waals surface area contributed by atoms with Gasteiger partial charge in [0.05, 0.1) is 12.5 Å². The number of carbonyl (C=O) groups is 2. The predicted molar refractivity (Wildman–Crippen MR) is 96.3 cm³/mol. The largest absolute Gasteiger partial charge is 0.481 e. The third-order valence-electron chi connectivity index (χ3n) is 4.84. The Bertz CT molecular complexity index is 742. The Morgan fingerprint density at radius 1 is 1.08 bits per heavy atom. The molecule has 0 unspecified atom stereocenters. The van der Waals surface area contributed by atoms with Gasteiger partial charge in [-0.2, -0.15) is 0 Å². The molecule has 2 aromatic rings. The van der Waals surface area contributed by atoms with Gasteiger partial charge in [-0.3, -0.25) is 9.59 Å². The van der Waals surface area contributed by atoms with Crippen LogP contribution in [0.15, 0.2) is 54.6 Å². The van der Waals surface area contributed by atoms with E-state index < -0.39 is 12.0 Å². The van der Waals surface area contributed by atoms with Crippen molar-refractivity contribution in [2.24, 2.45) is 0 Å². The summed E-state index contributed by atoms with van der Waals surface area (Å²) in [6, 6.07) is 17.1. The summed E-state index contributed by atoms with van der Waals surface area (Å²) in [5, 5.41) is 12.1. The Hall–Kier alpha value is -2.62. The van der Waals surface area contributed by atoms with E-state index in [9.17, 15) is 9.59 Å². The van der Waals surface area contributed by atoms with E-state index in [0.717, 1.165) is 24.8 Å². The molecule has 0 radical (unpaired) electrons. The van der Waals surface area contributed by atoms with E-state index in [-0.39, 0.29) is 18.2 Å². The number of hydrogen-bond acceptors (Lipinski definition) is 2. The summed E-state index contributed by atoms with van der Waals surface area (Å²) in [5.41, 5.74) is 3.41. The van der Waals surface area contributed by atoms with Gasteiger partial charge < -0.3 is 10.4 Å². The number of carboxylic acids is 1. The van der Waals surface area contributed by atoms with Crippen molar-refractivity contribution >= 4 is 11.9 Å². The van der Waals surface area contributed by atoms with Gasteiger partial charge >= 0.3 is 5.97 Å². The number of hydrogen-bond donors (Lipinski definition) is 2. The number of aryl methyl sites for hydroxylation is 1. The van der Waals surface area contributed by atoms with Crippen molar-refractivity contribution in [2.45, 2.75) is 44.1 Å². The SMILES string of the molecule is O=C(O)C[C@H](NC(=O)C[C@H]1CCCc2ccccc21)c1ccccc1. The Morgan fingerprint density at radius 2 is 1.80 bits per heavy atom. The molecule has 0 fully saturated rings. The van der Waals surface area contributed by atoms with Gasteiger partial charge in [0.2, 0.25) is 5.91 Å². The lowest BCUT2D eigenvalue weighted by molar-refractivity contribution is -0.137. The number of rotatable bonds is 6. The molecule has 0 saturated carbocycles. The van der Waals surface area contributed by atoms with E-state index in [1.807, 2.05) is 42.5 Å². The number of carbonyl (C=O) groups excluding carboxylic acids is 1. The Labute approximate surface area is 147 Å². The summed E-state index contributed by atoms with van der Waals surface area (Å²) < 4.78 is 0. The first kappa shape index (κ1) is 17.2. The van der Waals surface area contributed by atoms with E-state index >= 15 is 0 Å². The second kappa shape index (κ2) is 7.97. The summed E-state index contributed by atoms with van der Waals surface area (Å²) in [5.74, 6) is -0.792. The first-order chi connectivity index (χ1) is 12.1. The van der Waals surface area contributed by atoms with E-state index in [4.69, 9.17) is 5.11 Å². The molecule has 0 aromatic heterocycles. The van der Waals surface area contributed by atoms with Crippen LogP contribution in [0.25, 0.3) is 0 Å². The topological polar surface area (TPSA) is 66.4 Å². The van der Waals surface area contributed by atoms with Crippen LogP contribution in [-0.4, -0.2) is 17.0 Å². The van der Waals surface area contributed by atoms with Crippen molar-refractivity contribution in [1.29, 1.82) is 0 Å². The summed E-state index contributed by atoms with van der Waals surface area (Å²) in [4.78, 5) is 23.7. The molecule has 0 spiro atoms. The van der Waals surface area contributed by atoms with Gasteiger partial charge in [-0.1, -0.05) is 54.6 Å². The zero-order chi connectivity index (χ0) is 17.6. The average molecular weight is 337 g/mol. The number of amides is 1. The highest BCUT2D eigenvalue weighted by Gasteiger charge is 2.24. The van der Waals surface area contributed by atoms with Crippen LogP contribution in [0, 0.1) is 0 Å². The first-order valence-electron chi connectivity index (χ1n) is 8.77. The molecular formula is C21H23NO3. The zero-order valence-electron chi connectivity index (χ0n) is 14.2. The maximum absolute atomic E-state index is 12.6. The highest BCUT2D eigenvalue weighted by Crippen LogP contribution is 2.34. The van der Waals surface area contributed by atoms with Gasteiger partial charge in [0, 0.05) is 6.42 Å². The summed E-state index contributed by atoms with van der Waals surface area (Å²) in [6.07, 6.45) is 3.45. The minimum atomic E-state index is -0.919. The Balaban J connectivity index is 1.69. The van der Waals surface area contributed by atoms with Crippen LogP contribution in [0.2, 0.25) is 0 Å². The minimum Gasteiger partial charge on any atom is -0.481 e. The lowest BCUT2D eigenvalue weighted by Crippen LogP contribution is -2.31. The van der Waals surface area contributed by atoms with Crippen molar-refractivity contribution < 1.29 is 14.7 Å². The highest BCUT2D eigenvalue weighted by molar-refractivity contribution is 5.78. The molecule has 4 nitrogen and oxygen atoms in total. The molecule has 0 saturated heterocycles. The highest BCUT2D eigenvalue weighted by atomic mass is 16.4. The maximum atomic E-state index is 12.6. The molecule has 0 aliphatic heterocycles.